The lowest BCUT2D eigenvalue weighted by Crippen LogP contribution is -2.28. The molecule has 1 aromatic carbocycles. The molecule has 0 fully saturated rings. The average Bonchev–Trinajstić information content (AvgIpc) is 2.90. The number of nitrogens with zero attached hydrogens (tertiary/aromatic N) is 2. The van der Waals surface area contributed by atoms with Crippen molar-refractivity contribution in [3.05, 3.63) is 45.9 Å². The molecular weight excluding hydrogens is 310 g/mol. The van der Waals surface area contributed by atoms with Gasteiger partial charge in [0.25, 0.3) is 0 Å². The molecular formula is C15H12F2N2O2S. The second-order valence-corrected chi connectivity index (χ2v) is 5.52. The predicted octanol–water partition coefficient (Wildman–Crippen LogP) is 3.37. The Morgan fingerprint density at radius 3 is 2.68 bits per heavy atom. The van der Waals surface area contributed by atoms with E-state index in [9.17, 15) is 18.8 Å². The van der Waals surface area contributed by atoms with E-state index in [2.05, 4.69) is 4.98 Å². The second-order valence-electron chi connectivity index (χ2n) is 4.63. The molecule has 1 heterocycles. The summed E-state index contributed by atoms with van der Waals surface area (Å²) in [4.78, 5) is 16.4. The summed E-state index contributed by atoms with van der Waals surface area (Å²) in [6.07, 6.45) is -0.987. The fourth-order valence-corrected chi connectivity index (χ4v) is 2.64. The first-order valence-corrected chi connectivity index (χ1v) is 7.27. The largest absolute Gasteiger partial charge is 0.483 e. The van der Waals surface area contributed by atoms with Crippen molar-refractivity contribution in [2.45, 2.75) is 25.9 Å². The number of thiazole rings is 1. The molecule has 0 spiro atoms. The number of benzene rings is 1. The third-order valence-electron chi connectivity index (χ3n) is 2.90. The summed E-state index contributed by atoms with van der Waals surface area (Å²) < 4.78 is 31.3. The zero-order valence-electron chi connectivity index (χ0n) is 11.8. The molecule has 1 aromatic heterocycles. The van der Waals surface area contributed by atoms with Crippen LogP contribution in [0.15, 0.2) is 23.6 Å². The molecule has 2 atom stereocenters. The molecule has 0 radical (unpaired) electrons. The fourth-order valence-electron chi connectivity index (χ4n) is 1.79. The third-order valence-corrected chi connectivity index (χ3v) is 3.93. The van der Waals surface area contributed by atoms with E-state index >= 15 is 0 Å². The summed E-state index contributed by atoms with van der Waals surface area (Å²) in [5.74, 6) is -3.57. The highest BCUT2D eigenvalue weighted by atomic mass is 32.1. The highest BCUT2D eigenvalue weighted by molar-refractivity contribution is 7.09. The summed E-state index contributed by atoms with van der Waals surface area (Å²) in [5.41, 5.74) is 0.724. The van der Waals surface area contributed by atoms with Crippen molar-refractivity contribution < 1.29 is 18.3 Å². The van der Waals surface area contributed by atoms with Crippen LogP contribution < -0.4 is 4.74 Å². The lowest BCUT2D eigenvalue weighted by atomic mass is 10.0. The fraction of sp³-hybridized carbons (Fsp3) is 0.267. The molecule has 0 saturated carbocycles. The lowest BCUT2D eigenvalue weighted by Gasteiger charge is -2.15. The number of Topliss-reactive ketones (excluding diaryl/α,β-unsaturated/α-hetero) is 1. The van der Waals surface area contributed by atoms with Gasteiger partial charge >= 0.3 is 0 Å². The van der Waals surface area contributed by atoms with E-state index in [-0.39, 0.29) is 5.75 Å². The number of nitriles is 1. The van der Waals surface area contributed by atoms with Crippen LogP contribution in [0.1, 0.15) is 23.5 Å². The van der Waals surface area contributed by atoms with Crippen LogP contribution in [-0.4, -0.2) is 16.9 Å². The van der Waals surface area contributed by atoms with E-state index in [0.29, 0.717) is 5.01 Å². The van der Waals surface area contributed by atoms with Gasteiger partial charge in [-0.2, -0.15) is 5.26 Å². The van der Waals surface area contributed by atoms with Crippen LogP contribution in [0.4, 0.5) is 8.78 Å². The Balaban J connectivity index is 2.14. The standard InChI is InChI=1S/C15H12F2N2O2S/c1-8-7-22-15(19-8)11(6-18)14(20)9(2)21-10-3-4-12(16)13(17)5-10/h3-5,7,9,11H,1-2H3/t9-,11+/m1/s1. The smallest absolute Gasteiger partial charge is 0.196 e. The van der Waals surface area contributed by atoms with E-state index < -0.39 is 29.4 Å². The minimum absolute atomic E-state index is 0.0201. The van der Waals surface area contributed by atoms with Gasteiger partial charge in [0.1, 0.15) is 10.8 Å². The molecule has 0 bridgehead atoms. The second kappa shape index (κ2) is 6.62. The van der Waals surface area contributed by atoms with E-state index in [1.54, 1.807) is 12.3 Å². The average molecular weight is 322 g/mol. The SMILES string of the molecule is Cc1csc([C@@H](C#N)C(=O)[C@@H](C)Oc2ccc(F)c(F)c2)n1. The molecule has 114 valence electrons. The number of rotatable bonds is 5. The van der Waals surface area contributed by atoms with Gasteiger partial charge in [-0.3, -0.25) is 4.79 Å². The zero-order valence-corrected chi connectivity index (χ0v) is 12.7. The van der Waals surface area contributed by atoms with Crippen LogP contribution >= 0.6 is 11.3 Å². The maximum Gasteiger partial charge on any atom is 0.196 e. The molecule has 4 nitrogen and oxygen atoms in total. The minimum Gasteiger partial charge on any atom is -0.483 e. The quantitative estimate of drug-likeness (QED) is 0.846. The van der Waals surface area contributed by atoms with E-state index in [0.717, 1.165) is 17.8 Å². The van der Waals surface area contributed by atoms with Crippen LogP contribution in [0.5, 0.6) is 5.75 Å². The number of aryl methyl sites for hydroxylation is 1. The summed E-state index contributed by atoms with van der Waals surface area (Å²) in [7, 11) is 0. The molecule has 2 aromatic rings. The van der Waals surface area contributed by atoms with Crippen molar-refractivity contribution in [3.8, 4) is 11.8 Å². The van der Waals surface area contributed by atoms with Gasteiger partial charge in [-0.15, -0.1) is 11.3 Å². The van der Waals surface area contributed by atoms with E-state index in [1.807, 2.05) is 6.07 Å². The molecule has 0 aliphatic rings. The van der Waals surface area contributed by atoms with Gasteiger partial charge in [0, 0.05) is 17.1 Å². The first kappa shape index (κ1) is 16.0. The van der Waals surface area contributed by atoms with Crippen molar-refractivity contribution in [3.63, 3.8) is 0 Å². The van der Waals surface area contributed by atoms with Gasteiger partial charge in [-0.1, -0.05) is 0 Å². The monoisotopic (exact) mass is 322 g/mol. The van der Waals surface area contributed by atoms with E-state index in [4.69, 9.17) is 4.74 Å². The maximum atomic E-state index is 13.1. The van der Waals surface area contributed by atoms with Crippen LogP contribution in [0, 0.1) is 29.9 Å². The normalized spacial score (nSPS) is 13.2. The Labute approximate surface area is 130 Å². The topological polar surface area (TPSA) is 63.0 Å². The van der Waals surface area contributed by atoms with Crippen molar-refractivity contribution in [1.29, 1.82) is 5.26 Å². The summed E-state index contributed by atoms with van der Waals surface area (Å²) in [6.45, 7) is 3.22. The van der Waals surface area contributed by atoms with Crippen molar-refractivity contribution in [2.24, 2.45) is 0 Å². The number of carbonyl (C=O) groups is 1. The number of ether oxygens (including phenoxy) is 1. The molecule has 22 heavy (non-hydrogen) atoms. The third kappa shape index (κ3) is 3.46. The summed E-state index contributed by atoms with van der Waals surface area (Å²) >= 11 is 1.22. The van der Waals surface area contributed by atoms with Gasteiger partial charge in [0.2, 0.25) is 0 Å². The molecule has 0 amide bonds. The van der Waals surface area contributed by atoms with Gasteiger partial charge in [-0.05, 0) is 26.0 Å². The molecule has 0 aliphatic heterocycles. The lowest BCUT2D eigenvalue weighted by molar-refractivity contribution is -0.125. The van der Waals surface area contributed by atoms with Crippen LogP contribution in [0.25, 0.3) is 0 Å². The number of halogens is 2. The Kier molecular flexibility index (Phi) is 4.83. The molecule has 0 unspecified atom stereocenters. The number of hydrogen-bond acceptors (Lipinski definition) is 5. The van der Waals surface area contributed by atoms with E-state index in [1.165, 1.54) is 24.3 Å². The number of hydrogen-bond donors (Lipinski definition) is 0. The highest BCUT2D eigenvalue weighted by Gasteiger charge is 2.29. The summed E-state index contributed by atoms with van der Waals surface area (Å²) in [5, 5.41) is 11.3. The Hall–Kier alpha value is -2.33. The van der Waals surface area contributed by atoms with Gasteiger partial charge < -0.3 is 4.74 Å². The predicted molar refractivity (Wildman–Crippen MR) is 76.7 cm³/mol. The molecule has 0 saturated heterocycles. The zero-order chi connectivity index (χ0) is 16.3. The Morgan fingerprint density at radius 2 is 2.14 bits per heavy atom. The van der Waals surface area contributed by atoms with Crippen LogP contribution in [0.3, 0.4) is 0 Å². The van der Waals surface area contributed by atoms with Crippen molar-refractivity contribution in [2.75, 3.05) is 0 Å². The molecule has 2 rings (SSSR count). The number of ketones is 1. The summed E-state index contributed by atoms with van der Waals surface area (Å²) in [6, 6.07) is 4.89. The maximum absolute atomic E-state index is 13.1. The Bertz CT molecular complexity index is 739. The van der Waals surface area contributed by atoms with Gasteiger partial charge in [-0.25, -0.2) is 13.8 Å². The molecule has 7 heteroatoms. The van der Waals surface area contributed by atoms with Crippen molar-refractivity contribution in [1.82, 2.24) is 4.98 Å². The minimum atomic E-state index is -1.07. The van der Waals surface area contributed by atoms with Gasteiger partial charge in [0.15, 0.2) is 29.4 Å². The Morgan fingerprint density at radius 1 is 1.41 bits per heavy atom. The molecule has 0 aliphatic carbocycles. The first-order valence-electron chi connectivity index (χ1n) is 6.39. The van der Waals surface area contributed by atoms with Crippen LogP contribution in [0.2, 0.25) is 0 Å². The number of carbonyl (C=O) groups excluding carboxylic acids is 1. The van der Waals surface area contributed by atoms with Crippen LogP contribution in [-0.2, 0) is 4.79 Å². The van der Waals surface area contributed by atoms with Crippen molar-refractivity contribution >= 4 is 17.1 Å². The van der Waals surface area contributed by atoms with Gasteiger partial charge in [0.05, 0.1) is 6.07 Å². The highest BCUT2D eigenvalue weighted by Crippen LogP contribution is 2.24. The number of aromatic nitrogens is 1. The molecule has 0 N–H and O–H groups in total. The first-order chi connectivity index (χ1) is 10.4.